The predicted molar refractivity (Wildman–Crippen MR) is 81.7 cm³/mol. The van der Waals surface area contributed by atoms with Crippen molar-refractivity contribution in [2.45, 2.75) is 30.4 Å². The van der Waals surface area contributed by atoms with Gasteiger partial charge < -0.3 is 10.8 Å². The van der Waals surface area contributed by atoms with E-state index in [2.05, 4.69) is 5.10 Å². The molecule has 0 saturated carbocycles. The molecule has 3 N–H and O–H groups in total. The minimum Gasteiger partial charge on any atom is -0.480 e. The van der Waals surface area contributed by atoms with Crippen LogP contribution in [0.4, 0.5) is 0 Å². The first-order valence-electron chi connectivity index (χ1n) is 6.36. The van der Waals surface area contributed by atoms with Crippen molar-refractivity contribution in [3.63, 3.8) is 0 Å². The van der Waals surface area contributed by atoms with E-state index in [9.17, 15) is 4.79 Å². The molecule has 2 rings (SSSR count). The molecule has 0 spiro atoms. The van der Waals surface area contributed by atoms with E-state index in [-0.39, 0.29) is 0 Å². The fourth-order valence-corrected chi connectivity index (χ4v) is 3.04. The lowest BCUT2D eigenvalue weighted by molar-refractivity contribution is -0.139. The molecule has 0 fully saturated rings. The maximum Gasteiger partial charge on any atom is 0.321 e. The third-order valence-electron chi connectivity index (χ3n) is 3.43. The molecule has 0 aliphatic rings. The molecular formula is C14H19N3O2S. The van der Waals surface area contributed by atoms with Crippen molar-refractivity contribution < 1.29 is 9.90 Å². The number of para-hydroxylation sites is 1. The van der Waals surface area contributed by atoms with Crippen molar-refractivity contribution in [2.24, 2.45) is 12.8 Å². The molecule has 6 heteroatoms. The first-order chi connectivity index (χ1) is 9.33. The van der Waals surface area contributed by atoms with E-state index in [0.29, 0.717) is 5.75 Å². The standard InChI is InChI=1S/C14H19N3O2S/c1-14(2,12(15)13(18)19)20-8-10-9-6-4-5-7-11(9)17(3)16-10/h4-7,12H,8,15H2,1-3H3,(H,18,19)/t12-/m0/s1. The number of aromatic nitrogens is 2. The molecule has 2 aromatic rings. The summed E-state index contributed by atoms with van der Waals surface area (Å²) in [4.78, 5) is 11.0. The van der Waals surface area contributed by atoms with Crippen LogP contribution < -0.4 is 5.73 Å². The van der Waals surface area contributed by atoms with Gasteiger partial charge in [0.25, 0.3) is 0 Å². The number of thioether (sulfide) groups is 1. The van der Waals surface area contributed by atoms with Gasteiger partial charge in [0.15, 0.2) is 0 Å². The zero-order valence-electron chi connectivity index (χ0n) is 11.8. The van der Waals surface area contributed by atoms with Crippen molar-refractivity contribution in [2.75, 3.05) is 0 Å². The van der Waals surface area contributed by atoms with Crippen LogP contribution in [0, 0.1) is 0 Å². The van der Waals surface area contributed by atoms with Crippen molar-refractivity contribution in [3.8, 4) is 0 Å². The lowest BCUT2D eigenvalue weighted by atomic mass is 10.1. The number of nitrogens with zero attached hydrogens (tertiary/aromatic N) is 2. The fraction of sp³-hybridized carbons (Fsp3) is 0.429. The first-order valence-corrected chi connectivity index (χ1v) is 7.34. The van der Waals surface area contributed by atoms with Crippen molar-refractivity contribution >= 4 is 28.6 Å². The highest BCUT2D eigenvalue weighted by Crippen LogP contribution is 2.32. The van der Waals surface area contributed by atoms with Crippen molar-refractivity contribution in [1.29, 1.82) is 0 Å². The normalized spacial score (nSPS) is 13.6. The number of aryl methyl sites for hydroxylation is 1. The van der Waals surface area contributed by atoms with Crippen LogP contribution in [0.1, 0.15) is 19.5 Å². The van der Waals surface area contributed by atoms with Crippen LogP contribution >= 0.6 is 11.8 Å². The highest BCUT2D eigenvalue weighted by Gasteiger charge is 2.32. The molecule has 1 atom stereocenters. The van der Waals surface area contributed by atoms with Crippen LogP contribution in [0.15, 0.2) is 24.3 Å². The van der Waals surface area contributed by atoms with Crippen LogP contribution in [0.5, 0.6) is 0 Å². The van der Waals surface area contributed by atoms with Gasteiger partial charge >= 0.3 is 5.97 Å². The summed E-state index contributed by atoms with van der Waals surface area (Å²) < 4.78 is 1.29. The molecule has 5 nitrogen and oxygen atoms in total. The Morgan fingerprint density at radius 2 is 2.15 bits per heavy atom. The lowest BCUT2D eigenvalue weighted by Crippen LogP contribution is -2.46. The molecule has 1 heterocycles. The van der Waals surface area contributed by atoms with Gasteiger partial charge in [-0.25, -0.2) is 0 Å². The number of aliphatic carboxylic acids is 1. The summed E-state index contributed by atoms with van der Waals surface area (Å²) in [7, 11) is 1.91. The Bertz CT molecular complexity index is 636. The maximum absolute atomic E-state index is 11.0. The summed E-state index contributed by atoms with van der Waals surface area (Å²) >= 11 is 1.51. The van der Waals surface area contributed by atoms with Crippen LogP contribution in [0.3, 0.4) is 0 Å². The minimum atomic E-state index is -0.978. The number of fused-ring (bicyclic) bond motifs is 1. The second-order valence-electron chi connectivity index (χ2n) is 5.30. The molecule has 108 valence electrons. The van der Waals surface area contributed by atoms with Gasteiger partial charge in [0.2, 0.25) is 0 Å². The first kappa shape index (κ1) is 14.9. The lowest BCUT2D eigenvalue weighted by Gasteiger charge is -2.27. The smallest absolute Gasteiger partial charge is 0.321 e. The molecule has 0 aliphatic carbocycles. The molecule has 0 saturated heterocycles. The molecule has 0 unspecified atom stereocenters. The minimum absolute atomic E-state index is 0.551. The Hall–Kier alpha value is -1.53. The van der Waals surface area contributed by atoms with Crippen LogP contribution in [0.25, 0.3) is 10.9 Å². The number of carbonyl (C=O) groups is 1. The molecule has 1 aromatic heterocycles. The van der Waals surface area contributed by atoms with E-state index in [4.69, 9.17) is 10.8 Å². The molecule has 0 bridgehead atoms. The highest BCUT2D eigenvalue weighted by molar-refractivity contribution is 7.99. The monoisotopic (exact) mass is 293 g/mol. The van der Waals surface area contributed by atoms with Gasteiger partial charge in [-0.3, -0.25) is 9.48 Å². The third-order valence-corrected chi connectivity index (χ3v) is 4.85. The molecular weight excluding hydrogens is 274 g/mol. The number of hydrogen-bond acceptors (Lipinski definition) is 4. The number of nitrogens with two attached hydrogens (primary N) is 1. The van der Waals surface area contributed by atoms with Gasteiger partial charge in [-0.2, -0.15) is 5.10 Å². The second-order valence-corrected chi connectivity index (χ2v) is 6.93. The van der Waals surface area contributed by atoms with Crippen molar-refractivity contribution in [3.05, 3.63) is 30.0 Å². The second kappa shape index (κ2) is 5.46. The molecule has 1 aromatic carbocycles. The summed E-state index contributed by atoms with van der Waals surface area (Å²) in [6.07, 6.45) is 0. The number of benzene rings is 1. The van der Waals surface area contributed by atoms with E-state index in [0.717, 1.165) is 16.6 Å². The zero-order valence-corrected chi connectivity index (χ0v) is 12.6. The van der Waals surface area contributed by atoms with Gasteiger partial charge in [-0.1, -0.05) is 18.2 Å². The Morgan fingerprint density at radius 3 is 2.80 bits per heavy atom. The summed E-state index contributed by atoms with van der Waals surface area (Å²) in [6, 6.07) is 7.10. The Morgan fingerprint density at radius 1 is 1.50 bits per heavy atom. The van der Waals surface area contributed by atoms with E-state index < -0.39 is 16.8 Å². The largest absolute Gasteiger partial charge is 0.480 e. The number of hydrogen-bond donors (Lipinski definition) is 2. The fourth-order valence-electron chi connectivity index (χ4n) is 2.04. The Balaban J connectivity index is 2.19. The molecule has 0 amide bonds. The molecule has 0 radical (unpaired) electrons. The van der Waals surface area contributed by atoms with Gasteiger partial charge in [0, 0.05) is 22.9 Å². The Kier molecular flexibility index (Phi) is 4.06. The van der Waals surface area contributed by atoms with Crippen LogP contribution in [-0.2, 0) is 17.6 Å². The van der Waals surface area contributed by atoms with E-state index in [1.54, 1.807) is 0 Å². The topological polar surface area (TPSA) is 81.1 Å². The summed E-state index contributed by atoms with van der Waals surface area (Å²) in [5.41, 5.74) is 7.76. The van der Waals surface area contributed by atoms with Gasteiger partial charge in [-0.05, 0) is 19.9 Å². The van der Waals surface area contributed by atoms with Crippen LogP contribution in [-0.4, -0.2) is 31.6 Å². The van der Waals surface area contributed by atoms with E-state index in [1.165, 1.54) is 11.8 Å². The highest BCUT2D eigenvalue weighted by atomic mass is 32.2. The summed E-state index contributed by atoms with van der Waals surface area (Å²) in [5.74, 6) is -0.344. The predicted octanol–water partition coefficient (Wildman–Crippen LogP) is 2.00. The number of carboxylic acids is 1. The SMILES string of the molecule is Cn1nc(CSC(C)(C)[C@@H](N)C(=O)O)c2ccccc21. The Labute approximate surface area is 122 Å². The quantitative estimate of drug-likeness (QED) is 0.881. The van der Waals surface area contributed by atoms with E-state index >= 15 is 0 Å². The third kappa shape index (κ3) is 2.81. The average Bonchev–Trinajstić information content (AvgIpc) is 2.73. The zero-order chi connectivity index (χ0) is 14.9. The average molecular weight is 293 g/mol. The maximum atomic E-state index is 11.0. The summed E-state index contributed by atoms with van der Waals surface area (Å²) in [6.45, 7) is 3.70. The number of carboxylic acid groups (broad SMARTS) is 1. The molecule has 20 heavy (non-hydrogen) atoms. The van der Waals surface area contributed by atoms with Gasteiger partial charge in [0.05, 0.1) is 11.2 Å². The van der Waals surface area contributed by atoms with Crippen molar-refractivity contribution in [1.82, 2.24) is 9.78 Å². The summed E-state index contributed by atoms with van der Waals surface area (Å²) in [5, 5.41) is 14.6. The van der Waals surface area contributed by atoms with Gasteiger partial charge in [-0.15, -0.1) is 11.8 Å². The number of rotatable bonds is 5. The molecule has 0 aliphatic heterocycles. The van der Waals surface area contributed by atoms with Crippen LogP contribution in [0.2, 0.25) is 0 Å². The van der Waals surface area contributed by atoms with E-state index in [1.807, 2.05) is 49.8 Å². The van der Waals surface area contributed by atoms with Gasteiger partial charge in [0.1, 0.15) is 6.04 Å².